The van der Waals surface area contributed by atoms with Crippen LogP contribution in [0.3, 0.4) is 0 Å². The third-order valence-electron chi connectivity index (χ3n) is 3.41. The van der Waals surface area contributed by atoms with E-state index in [0.29, 0.717) is 30.3 Å². The first-order valence-corrected chi connectivity index (χ1v) is 6.31. The second-order valence-corrected chi connectivity index (χ2v) is 4.91. The normalized spacial score (nSPS) is 18.6. The van der Waals surface area contributed by atoms with Gasteiger partial charge in [0, 0.05) is 18.8 Å². The smallest absolute Gasteiger partial charge is 0.404 e. The zero-order chi connectivity index (χ0) is 14.3. The summed E-state index contributed by atoms with van der Waals surface area (Å²) in [5.41, 5.74) is 7.13. The lowest BCUT2D eigenvalue weighted by molar-refractivity contribution is 0.191. The van der Waals surface area contributed by atoms with Gasteiger partial charge >= 0.3 is 6.09 Å². The van der Waals surface area contributed by atoms with Crippen molar-refractivity contribution >= 4 is 28.7 Å². The van der Waals surface area contributed by atoms with E-state index in [1.807, 2.05) is 17.9 Å². The zero-order valence-electron chi connectivity index (χ0n) is 11.0. The first-order chi connectivity index (χ1) is 9.54. The average molecular weight is 277 g/mol. The summed E-state index contributed by atoms with van der Waals surface area (Å²) in [6.45, 7) is 3.13. The quantitative estimate of drug-likeness (QED) is 0.748. The number of fused-ring (bicyclic) bond motifs is 1. The van der Waals surface area contributed by atoms with Gasteiger partial charge in [0.15, 0.2) is 11.6 Å². The van der Waals surface area contributed by atoms with Crippen molar-refractivity contribution in [3.63, 3.8) is 0 Å². The molecule has 8 nitrogen and oxygen atoms in total. The molecule has 1 unspecified atom stereocenters. The van der Waals surface area contributed by atoms with Gasteiger partial charge in [-0.1, -0.05) is 5.16 Å². The molecule has 3 heterocycles. The molecule has 1 saturated heterocycles. The molecule has 8 heteroatoms. The van der Waals surface area contributed by atoms with Gasteiger partial charge in [0.1, 0.15) is 0 Å². The predicted octanol–water partition coefficient (Wildman–Crippen LogP) is 0.960. The van der Waals surface area contributed by atoms with Crippen LogP contribution < -0.4 is 16.0 Å². The van der Waals surface area contributed by atoms with E-state index in [1.54, 1.807) is 0 Å². The van der Waals surface area contributed by atoms with Crippen molar-refractivity contribution < 1.29 is 14.4 Å². The second-order valence-electron chi connectivity index (χ2n) is 4.91. The highest BCUT2D eigenvalue weighted by Crippen LogP contribution is 2.31. The first kappa shape index (κ1) is 12.5. The summed E-state index contributed by atoms with van der Waals surface area (Å²) in [4.78, 5) is 17.1. The molecule has 1 amide bonds. The number of nitrogens with two attached hydrogens (primary N) is 1. The third-order valence-corrected chi connectivity index (χ3v) is 3.41. The van der Waals surface area contributed by atoms with E-state index in [0.717, 1.165) is 17.5 Å². The summed E-state index contributed by atoms with van der Waals surface area (Å²) in [6, 6.07) is 1.72. The summed E-state index contributed by atoms with van der Waals surface area (Å²) in [6.07, 6.45) is -0.282. The highest BCUT2D eigenvalue weighted by molar-refractivity contribution is 5.94. The van der Waals surface area contributed by atoms with Crippen molar-refractivity contribution in [3.8, 4) is 0 Å². The van der Waals surface area contributed by atoms with Crippen molar-refractivity contribution in [1.29, 1.82) is 0 Å². The molecule has 1 fully saturated rings. The average Bonchev–Trinajstić information content (AvgIpc) is 2.96. The molecule has 0 bridgehead atoms. The van der Waals surface area contributed by atoms with Crippen molar-refractivity contribution in [1.82, 2.24) is 15.5 Å². The number of pyridine rings is 1. The summed E-state index contributed by atoms with van der Waals surface area (Å²) >= 11 is 0. The van der Waals surface area contributed by atoms with E-state index in [9.17, 15) is 4.79 Å². The fourth-order valence-corrected chi connectivity index (χ4v) is 2.53. The van der Waals surface area contributed by atoms with Gasteiger partial charge in [0.2, 0.25) is 5.58 Å². The Morgan fingerprint density at radius 2 is 2.45 bits per heavy atom. The topological polar surface area (TPSA) is 118 Å². The number of nitrogen functional groups attached to an aromatic ring is 1. The van der Waals surface area contributed by atoms with Crippen LogP contribution >= 0.6 is 0 Å². The van der Waals surface area contributed by atoms with Gasteiger partial charge in [-0.15, -0.1) is 0 Å². The van der Waals surface area contributed by atoms with Crippen LogP contribution in [0.2, 0.25) is 0 Å². The molecule has 2 aromatic rings. The predicted molar refractivity (Wildman–Crippen MR) is 72.7 cm³/mol. The molecule has 0 aromatic carbocycles. The number of amides is 1. The van der Waals surface area contributed by atoms with Gasteiger partial charge in [-0.2, -0.15) is 0 Å². The number of hydrogen-bond donors (Lipinski definition) is 3. The number of aryl methyl sites for hydroxylation is 1. The number of hydrogen-bond acceptors (Lipinski definition) is 6. The van der Waals surface area contributed by atoms with Gasteiger partial charge in [0.25, 0.3) is 0 Å². The Labute approximate surface area is 114 Å². The van der Waals surface area contributed by atoms with Crippen LogP contribution in [-0.2, 0) is 0 Å². The van der Waals surface area contributed by atoms with E-state index in [2.05, 4.69) is 15.5 Å². The lowest BCUT2D eigenvalue weighted by Crippen LogP contribution is -2.36. The SMILES string of the molecule is Cc1cc2c(N)noc2c(N2CCC(NC(=O)O)C2)n1. The molecular formula is C12H15N5O3. The van der Waals surface area contributed by atoms with Crippen LogP contribution in [-0.4, -0.2) is 40.5 Å². The minimum absolute atomic E-state index is 0.106. The maximum absolute atomic E-state index is 10.7. The van der Waals surface area contributed by atoms with Crippen LogP contribution in [0.25, 0.3) is 11.0 Å². The van der Waals surface area contributed by atoms with Crippen LogP contribution in [0.5, 0.6) is 0 Å². The first-order valence-electron chi connectivity index (χ1n) is 6.31. The molecule has 0 saturated carbocycles. The lowest BCUT2D eigenvalue weighted by Gasteiger charge is -2.17. The number of anilines is 2. The molecule has 20 heavy (non-hydrogen) atoms. The molecule has 3 rings (SSSR count). The van der Waals surface area contributed by atoms with Crippen LogP contribution in [0.15, 0.2) is 10.6 Å². The number of aromatic nitrogens is 2. The van der Waals surface area contributed by atoms with E-state index in [1.165, 1.54) is 0 Å². The molecule has 1 atom stereocenters. The van der Waals surface area contributed by atoms with E-state index in [-0.39, 0.29) is 6.04 Å². The van der Waals surface area contributed by atoms with Crippen molar-refractivity contribution in [2.45, 2.75) is 19.4 Å². The van der Waals surface area contributed by atoms with Gasteiger partial charge in [-0.05, 0) is 19.4 Å². The van der Waals surface area contributed by atoms with Crippen LogP contribution in [0.1, 0.15) is 12.1 Å². The fraction of sp³-hybridized carbons (Fsp3) is 0.417. The largest absolute Gasteiger partial charge is 0.465 e. The Morgan fingerprint density at radius 1 is 1.65 bits per heavy atom. The fourth-order valence-electron chi connectivity index (χ4n) is 2.53. The van der Waals surface area contributed by atoms with Gasteiger partial charge in [-0.25, -0.2) is 9.78 Å². The Hall–Kier alpha value is -2.51. The molecular weight excluding hydrogens is 262 g/mol. The van der Waals surface area contributed by atoms with E-state index < -0.39 is 6.09 Å². The molecule has 0 spiro atoms. The minimum atomic E-state index is -1.01. The van der Waals surface area contributed by atoms with E-state index >= 15 is 0 Å². The number of rotatable bonds is 2. The molecule has 1 aliphatic rings. The van der Waals surface area contributed by atoms with Crippen molar-refractivity contribution in [3.05, 3.63) is 11.8 Å². The minimum Gasteiger partial charge on any atom is -0.465 e. The molecule has 0 radical (unpaired) electrons. The highest BCUT2D eigenvalue weighted by Gasteiger charge is 2.27. The van der Waals surface area contributed by atoms with Gasteiger partial charge < -0.3 is 25.6 Å². The molecule has 4 N–H and O–H groups in total. The van der Waals surface area contributed by atoms with Gasteiger partial charge in [0.05, 0.1) is 11.4 Å². The van der Waals surface area contributed by atoms with E-state index in [4.69, 9.17) is 15.4 Å². The summed E-state index contributed by atoms with van der Waals surface area (Å²) in [5, 5.41) is 15.7. The number of carbonyl (C=O) groups is 1. The summed E-state index contributed by atoms with van der Waals surface area (Å²) < 4.78 is 5.25. The van der Waals surface area contributed by atoms with Crippen molar-refractivity contribution in [2.75, 3.05) is 23.7 Å². The Morgan fingerprint density at radius 3 is 3.20 bits per heavy atom. The molecule has 0 aliphatic carbocycles. The Bertz CT molecular complexity index is 668. The van der Waals surface area contributed by atoms with Crippen LogP contribution in [0.4, 0.5) is 16.4 Å². The zero-order valence-corrected chi connectivity index (χ0v) is 11.0. The number of nitrogens with zero attached hydrogens (tertiary/aromatic N) is 3. The van der Waals surface area contributed by atoms with Gasteiger partial charge in [-0.3, -0.25) is 0 Å². The highest BCUT2D eigenvalue weighted by atomic mass is 16.5. The maximum atomic E-state index is 10.7. The molecule has 1 aliphatic heterocycles. The lowest BCUT2D eigenvalue weighted by atomic mass is 10.2. The molecule has 2 aromatic heterocycles. The number of nitrogens with one attached hydrogen (secondary N) is 1. The Balaban J connectivity index is 1.93. The van der Waals surface area contributed by atoms with Crippen LogP contribution in [0, 0.1) is 6.92 Å². The molecule has 106 valence electrons. The standard InChI is InChI=1S/C12H15N5O3/c1-6-4-8-9(20-16-10(8)13)11(14-6)17-3-2-7(5-17)15-12(18)19/h4,7,15H,2-3,5H2,1H3,(H2,13,16)(H,18,19). The third kappa shape index (κ3) is 2.09. The Kier molecular flexibility index (Phi) is 2.85. The summed E-state index contributed by atoms with van der Waals surface area (Å²) in [5.74, 6) is 1.00. The maximum Gasteiger partial charge on any atom is 0.404 e. The number of carboxylic acid groups (broad SMARTS) is 1. The second kappa shape index (κ2) is 4.55. The monoisotopic (exact) mass is 277 g/mol. The van der Waals surface area contributed by atoms with Crippen molar-refractivity contribution in [2.24, 2.45) is 0 Å². The summed E-state index contributed by atoms with van der Waals surface area (Å²) in [7, 11) is 0.